The Kier molecular flexibility index (Phi) is 3.77. The number of aromatic nitrogens is 1. The van der Waals surface area contributed by atoms with Crippen LogP contribution in [0.5, 0.6) is 0 Å². The van der Waals surface area contributed by atoms with Gasteiger partial charge in [-0.1, -0.05) is 49.7 Å². The van der Waals surface area contributed by atoms with E-state index in [-0.39, 0.29) is 5.92 Å². The summed E-state index contributed by atoms with van der Waals surface area (Å²) in [5.41, 5.74) is 2.46. The minimum atomic E-state index is -1.33. The van der Waals surface area contributed by atoms with Gasteiger partial charge in [-0.2, -0.15) is 0 Å². The fourth-order valence-corrected chi connectivity index (χ4v) is 1.86. The molecule has 0 fully saturated rings. The van der Waals surface area contributed by atoms with Crippen LogP contribution in [0.4, 0.5) is 0 Å². The zero-order chi connectivity index (χ0) is 14.0. The molecule has 1 N–H and O–H groups in total. The average Bonchev–Trinajstić information content (AvgIpc) is 2.39. The molecule has 2 nitrogen and oxygen atoms in total. The summed E-state index contributed by atoms with van der Waals surface area (Å²) >= 11 is 0. The standard InChI is InChI=1S/C16H18BNO/c1-11(2)16(17,19)14-8-9-15(18-10-14)13-6-4-12(3)5-7-13/h4-11,19H,1-3H3. The molecule has 0 amide bonds. The fraction of sp³-hybridized carbons (Fsp3) is 0.312. The van der Waals surface area contributed by atoms with Crippen LogP contribution in [0.2, 0.25) is 0 Å². The predicted molar refractivity (Wildman–Crippen MR) is 78.9 cm³/mol. The lowest BCUT2D eigenvalue weighted by atomic mass is 9.69. The van der Waals surface area contributed by atoms with Crippen LogP contribution in [-0.4, -0.2) is 17.9 Å². The molecular weight excluding hydrogens is 233 g/mol. The lowest BCUT2D eigenvalue weighted by Gasteiger charge is -2.28. The van der Waals surface area contributed by atoms with Gasteiger partial charge in [-0.3, -0.25) is 4.98 Å². The lowest BCUT2D eigenvalue weighted by Crippen LogP contribution is -2.32. The molecule has 2 rings (SSSR count). The molecule has 0 saturated heterocycles. The van der Waals surface area contributed by atoms with Gasteiger partial charge in [0.25, 0.3) is 0 Å². The number of hydrogen-bond donors (Lipinski definition) is 1. The second-order valence-electron chi connectivity index (χ2n) is 5.28. The van der Waals surface area contributed by atoms with Gasteiger partial charge < -0.3 is 5.11 Å². The fourth-order valence-electron chi connectivity index (χ4n) is 1.86. The summed E-state index contributed by atoms with van der Waals surface area (Å²) in [6.45, 7) is 5.82. The monoisotopic (exact) mass is 251 g/mol. The second kappa shape index (κ2) is 5.18. The van der Waals surface area contributed by atoms with Crippen LogP contribution in [0.15, 0.2) is 42.6 Å². The quantitative estimate of drug-likeness (QED) is 0.850. The summed E-state index contributed by atoms with van der Waals surface area (Å²) in [6, 6.07) is 11.9. The molecule has 0 aliphatic rings. The molecule has 0 saturated carbocycles. The summed E-state index contributed by atoms with van der Waals surface area (Å²) in [5.74, 6) is -0.0699. The van der Waals surface area contributed by atoms with Gasteiger partial charge in [-0.25, -0.2) is 0 Å². The first-order chi connectivity index (χ1) is 8.91. The second-order valence-corrected chi connectivity index (χ2v) is 5.28. The molecule has 0 aliphatic carbocycles. The smallest absolute Gasteiger partial charge is 0.120 e. The van der Waals surface area contributed by atoms with E-state index in [4.69, 9.17) is 7.85 Å². The van der Waals surface area contributed by atoms with E-state index in [2.05, 4.69) is 24.0 Å². The summed E-state index contributed by atoms with van der Waals surface area (Å²) in [5, 5.41) is 10.2. The van der Waals surface area contributed by atoms with Gasteiger partial charge in [0, 0.05) is 11.8 Å². The van der Waals surface area contributed by atoms with E-state index in [1.54, 1.807) is 6.20 Å². The summed E-state index contributed by atoms with van der Waals surface area (Å²) in [6.07, 6.45) is 1.65. The first kappa shape index (κ1) is 13.8. The van der Waals surface area contributed by atoms with Gasteiger partial charge in [-0.05, 0) is 24.5 Å². The molecule has 3 heteroatoms. The van der Waals surface area contributed by atoms with Crippen molar-refractivity contribution in [2.75, 3.05) is 0 Å². The maximum Gasteiger partial charge on any atom is 0.120 e. The molecule has 19 heavy (non-hydrogen) atoms. The zero-order valence-electron chi connectivity index (χ0n) is 11.6. The highest BCUT2D eigenvalue weighted by Crippen LogP contribution is 2.27. The summed E-state index contributed by atoms with van der Waals surface area (Å²) in [7, 11) is 5.91. The first-order valence-electron chi connectivity index (χ1n) is 6.46. The topological polar surface area (TPSA) is 33.1 Å². The third-order valence-electron chi connectivity index (χ3n) is 3.45. The molecule has 2 aromatic rings. The van der Waals surface area contributed by atoms with Gasteiger partial charge in [0.15, 0.2) is 0 Å². The Morgan fingerprint density at radius 1 is 1.11 bits per heavy atom. The number of nitrogens with zero attached hydrogens (tertiary/aromatic N) is 1. The molecule has 0 aliphatic heterocycles. The van der Waals surface area contributed by atoms with Gasteiger partial charge in [0.05, 0.1) is 11.2 Å². The van der Waals surface area contributed by atoms with Gasteiger partial charge in [-0.15, -0.1) is 0 Å². The van der Waals surface area contributed by atoms with Crippen LogP contribution >= 0.6 is 0 Å². The molecule has 1 aromatic heterocycles. The van der Waals surface area contributed by atoms with Crippen LogP contribution < -0.4 is 0 Å². The molecule has 1 unspecified atom stereocenters. The van der Waals surface area contributed by atoms with Crippen LogP contribution in [0, 0.1) is 12.8 Å². The average molecular weight is 251 g/mol. The zero-order valence-corrected chi connectivity index (χ0v) is 11.6. The van der Waals surface area contributed by atoms with E-state index in [9.17, 15) is 5.11 Å². The van der Waals surface area contributed by atoms with E-state index in [1.165, 1.54) is 5.56 Å². The van der Waals surface area contributed by atoms with E-state index in [0.29, 0.717) is 5.56 Å². The summed E-state index contributed by atoms with van der Waals surface area (Å²) in [4.78, 5) is 4.39. The third-order valence-corrected chi connectivity index (χ3v) is 3.45. The van der Waals surface area contributed by atoms with Crippen LogP contribution in [0.1, 0.15) is 25.0 Å². The molecule has 0 spiro atoms. The highest BCUT2D eigenvalue weighted by atomic mass is 16.3. The number of rotatable bonds is 3. The highest BCUT2D eigenvalue weighted by Gasteiger charge is 2.26. The predicted octanol–water partition coefficient (Wildman–Crippen LogP) is 3.03. The molecule has 1 heterocycles. The normalized spacial score (nSPS) is 14.4. The number of benzene rings is 1. The summed E-state index contributed by atoms with van der Waals surface area (Å²) < 4.78 is 0. The van der Waals surface area contributed by atoms with E-state index < -0.39 is 5.50 Å². The highest BCUT2D eigenvalue weighted by molar-refractivity contribution is 6.14. The Balaban J connectivity index is 2.31. The molecule has 0 bridgehead atoms. The Hall–Kier alpha value is -1.61. The van der Waals surface area contributed by atoms with E-state index in [1.807, 2.05) is 38.1 Å². The van der Waals surface area contributed by atoms with Crippen molar-refractivity contribution in [1.82, 2.24) is 4.98 Å². The van der Waals surface area contributed by atoms with Crippen molar-refractivity contribution in [3.63, 3.8) is 0 Å². The van der Waals surface area contributed by atoms with Crippen molar-refractivity contribution in [3.05, 3.63) is 53.7 Å². The Bertz CT molecular complexity index is 544. The van der Waals surface area contributed by atoms with Crippen molar-refractivity contribution in [3.8, 4) is 11.3 Å². The van der Waals surface area contributed by atoms with Crippen LogP contribution in [0.3, 0.4) is 0 Å². The van der Waals surface area contributed by atoms with E-state index in [0.717, 1.165) is 11.3 Å². The number of hydrogen-bond acceptors (Lipinski definition) is 2. The van der Waals surface area contributed by atoms with Gasteiger partial charge in [0.2, 0.25) is 0 Å². The maximum absolute atomic E-state index is 10.2. The number of pyridine rings is 1. The van der Waals surface area contributed by atoms with Gasteiger partial charge >= 0.3 is 0 Å². The van der Waals surface area contributed by atoms with Crippen molar-refractivity contribution in [2.24, 2.45) is 5.92 Å². The van der Waals surface area contributed by atoms with Crippen LogP contribution in [-0.2, 0) is 5.50 Å². The van der Waals surface area contributed by atoms with Crippen molar-refractivity contribution in [2.45, 2.75) is 26.3 Å². The molecule has 1 aromatic carbocycles. The largest absolute Gasteiger partial charge is 0.395 e. The third kappa shape index (κ3) is 2.87. The minimum absolute atomic E-state index is 0.0699. The van der Waals surface area contributed by atoms with Crippen molar-refractivity contribution >= 4 is 7.85 Å². The Morgan fingerprint density at radius 2 is 1.74 bits per heavy atom. The minimum Gasteiger partial charge on any atom is -0.395 e. The Labute approximate surface area is 115 Å². The SMILES string of the molecule is [B]C(O)(c1ccc(-c2ccc(C)cc2)nc1)C(C)C. The number of aryl methyl sites for hydroxylation is 1. The van der Waals surface area contributed by atoms with E-state index >= 15 is 0 Å². The van der Waals surface area contributed by atoms with Crippen LogP contribution in [0.25, 0.3) is 11.3 Å². The van der Waals surface area contributed by atoms with Gasteiger partial charge in [0.1, 0.15) is 7.85 Å². The number of aliphatic hydroxyl groups is 1. The first-order valence-corrected chi connectivity index (χ1v) is 6.46. The van der Waals surface area contributed by atoms with Crippen molar-refractivity contribution < 1.29 is 5.11 Å². The molecule has 96 valence electrons. The maximum atomic E-state index is 10.2. The molecular formula is C16H18BNO. The Morgan fingerprint density at radius 3 is 2.21 bits per heavy atom. The van der Waals surface area contributed by atoms with Crippen molar-refractivity contribution in [1.29, 1.82) is 0 Å². The lowest BCUT2D eigenvalue weighted by molar-refractivity contribution is 0.0766. The molecule has 1 atom stereocenters. The molecule has 2 radical (unpaired) electrons.